The summed E-state index contributed by atoms with van der Waals surface area (Å²) in [6.07, 6.45) is 14.8. The molecular weight excluding hydrogens is 268 g/mol. The lowest BCUT2D eigenvalue weighted by atomic mass is 9.43. The van der Waals surface area contributed by atoms with Gasteiger partial charge in [-0.2, -0.15) is 0 Å². The van der Waals surface area contributed by atoms with E-state index >= 15 is 0 Å². The predicted octanol–water partition coefficient (Wildman–Crippen LogP) is 5.56. The Labute approximate surface area is 137 Å². The first-order valence-electron chi connectivity index (χ1n) is 10.2. The zero-order valence-corrected chi connectivity index (χ0v) is 15.0. The van der Waals surface area contributed by atoms with E-state index < -0.39 is 0 Å². The Bertz CT molecular complexity index is 445. The van der Waals surface area contributed by atoms with Crippen LogP contribution in [0.4, 0.5) is 0 Å². The highest BCUT2D eigenvalue weighted by Crippen LogP contribution is 2.69. The molecule has 0 spiro atoms. The third-order valence-corrected chi connectivity index (χ3v) is 9.45. The van der Waals surface area contributed by atoms with E-state index in [1.807, 2.05) is 0 Å². The number of hydrogen-bond donors (Lipinski definition) is 1. The monoisotopic (exact) mass is 304 g/mol. The second kappa shape index (κ2) is 4.98. The van der Waals surface area contributed by atoms with Gasteiger partial charge >= 0.3 is 0 Å². The first-order valence-corrected chi connectivity index (χ1v) is 10.2. The van der Waals surface area contributed by atoms with Crippen LogP contribution in [0, 0.1) is 34.5 Å². The molecule has 22 heavy (non-hydrogen) atoms. The molecule has 126 valence electrons. The van der Waals surface area contributed by atoms with Crippen LogP contribution in [0.15, 0.2) is 0 Å². The van der Waals surface area contributed by atoms with Crippen molar-refractivity contribution in [2.45, 2.75) is 97.0 Å². The van der Waals surface area contributed by atoms with E-state index in [0.717, 1.165) is 24.2 Å². The molecule has 0 amide bonds. The van der Waals surface area contributed by atoms with Gasteiger partial charge in [0, 0.05) is 0 Å². The van der Waals surface area contributed by atoms with Gasteiger partial charge in [0.1, 0.15) is 0 Å². The molecule has 1 nitrogen and oxygen atoms in total. The van der Waals surface area contributed by atoms with Crippen LogP contribution in [0.25, 0.3) is 0 Å². The normalized spacial score (nSPS) is 57.8. The van der Waals surface area contributed by atoms with Gasteiger partial charge in [0.2, 0.25) is 0 Å². The fourth-order valence-corrected chi connectivity index (χ4v) is 8.03. The third kappa shape index (κ3) is 1.75. The van der Waals surface area contributed by atoms with Crippen molar-refractivity contribution < 1.29 is 5.11 Å². The highest BCUT2D eigenvalue weighted by atomic mass is 16.3. The van der Waals surface area contributed by atoms with E-state index in [4.69, 9.17) is 0 Å². The van der Waals surface area contributed by atoms with Crippen LogP contribution in [0.2, 0.25) is 0 Å². The van der Waals surface area contributed by atoms with Crippen LogP contribution in [0.5, 0.6) is 0 Å². The van der Waals surface area contributed by atoms with E-state index in [1.165, 1.54) is 64.2 Å². The number of hydrogen-bond acceptors (Lipinski definition) is 1. The first-order chi connectivity index (χ1) is 10.5. The lowest BCUT2D eigenvalue weighted by Crippen LogP contribution is -2.61. The average molecular weight is 305 g/mol. The summed E-state index contributed by atoms with van der Waals surface area (Å²) in [6, 6.07) is 0. The maximum Gasteiger partial charge on any atom is 0.0734 e. The van der Waals surface area contributed by atoms with E-state index in [9.17, 15) is 5.11 Å². The summed E-state index contributed by atoms with van der Waals surface area (Å²) in [5.41, 5.74) is 0.408. The fraction of sp³-hybridized carbons (Fsp3) is 1.00. The molecule has 1 N–H and O–H groups in total. The fourth-order valence-electron chi connectivity index (χ4n) is 8.03. The second-order valence-electron chi connectivity index (χ2n) is 9.76. The van der Waals surface area contributed by atoms with Crippen molar-refractivity contribution in [1.29, 1.82) is 0 Å². The molecule has 0 aromatic carbocycles. The van der Waals surface area contributed by atoms with E-state index in [2.05, 4.69) is 20.8 Å². The summed E-state index contributed by atoms with van der Waals surface area (Å²) in [4.78, 5) is 0. The van der Waals surface area contributed by atoms with E-state index in [-0.39, 0.29) is 11.0 Å². The van der Waals surface area contributed by atoms with Gasteiger partial charge in [0.05, 0.1) is 5.60 Å². The second-order valence-corrected chi connectivity index (χ2v) is 9.76. The van der Waals surface area contributed by atoms with Crippen LogP contribution >= 0.6 is 0 Å². The Morgan fingerprint density at radius 2 is 1.68 bits per heavy atom. The zero-order valence-electron chi connectivity index (χ0n) is 15.0. The van der Waals surface area contributed by atoms with Crippen molar-refractivity contribution in [2.75, 3.05) is 0 Å². The maximum atomic E-state index is 11.9. The summed E-state index contributed by atoms with van der Waals surface area (Å²) < 4.78 is 0. The molecule has 7 atom stereocenters. The molecule has 4 rings (SSSR count). The molecule has 4 aliphatic carbocycles. The molecule has 0 bridgehead atoms. The first kappa shape index (κ1) is 15.5. The molecule has 4 fully saturated rings. The Morgan fingerprint density at radius 3 is 2.45 bits per heavy atom. The van der Waals surface area contributed by atoms with Crippen molar-refractivity contribution in [3.63, 3.8) is 0 Å². The minimum Gasteiger partial charge on any atom is -0.389 e. The molecular formula is C21H36O. The Kier molecular flexibility index (Phi) is 3.50. The SMILES string of the molecule is CC[C@H]1CC[C@@]2(O)[C@@H]3CCC4CCCC[C@]4(C)[C@H]3CC[C@]12C. The number of rotatable bonds is 1. The van der Waals surface area contributed by atoms with Gasteiger partial charge in [-0.15, -0.1) is 0 Å². The van der Waals surface area contributed by atoms with Crippen LogP contribution < -0.4 is 0 Å². The molecule has 0 aliphatic heterocycles. The van der Waals surface area contributed by atoms with Crippen molar-refractivity contribution in [2.24, 2.45) is 34.5 Å². The summed E-state index contributed by atoms with van der Waals surface area (Å²) in [5, 5.41) is 11.9. The van der Waals surface area contributed by atoms with Gasteiger partial charge < -0.3 is 5.11 Å². The smallest absolute Gasteiger partial charge is 0.0734 e. The molecule has 0 heterocycles. The predicted molar refractivity (Wildman–Crippen MR) is 91.6 cm³/mol. The molecule has 4 saturated carbocycles. The van der Waals surface area contributed by atoms with Crippen molar-refractivity contribution in [1.82, 2.24) is 0 Å². The van der Waals surface area contributed by atoms with Gasteiger partial charge in [0.25, 0.3) is 0 Å². The summed E-state index contributed by atoms with van der Waals surface area (Å²) in [6.45, 7) is 7.39. The highest BCUT2D eigenvalue weighted by molar-refractivity contribution is 5.16. The van der Waals surface area contributed by atoms with Gasteiger partial charge in [-0.1, -0.05) is 40.0 Å². The summed E-state index contributed by atoms with van der Waals surface area (Å²) in [7, 11) is 0. The van der Waals surface area contributed by atoms with E-state index in [1.54, 1.807) is 0 Å². The minimum atomic E-state index is -0.345. The molecule has 0 saturated heterocycles. The van der Waals surface area contributed by atoms with Crippen LogP contribution in [-0.2, 0) is 0 Å². The molecule has 0 aromatic heterocycles. The summed E-state index contributed by atoms with van der Waals surface area (Å²) in [5.74, 6) is 3.12. The third-order valence-electron chi connectivity index (χ3n) is 9.45. The highest BCUT2D eigenvalue weighted by Gasteiger charge is 2.66. The average Bonchev–Trinajstić information content (AvgIpc) is 2.78. The van der Waals surface area contributed by atoms with Crippen molar-refractivity contribution >= 4 is 0 Å². The molecule has 0 radical (unpaired) electrons. The van der Waals surface area contributed by atoms with Gasteiger partial charge in [-0.25, -0.2) is 0 Å². The Hall–Kier alpha value is -0.0400. The molecule has 1 unspecified atom stereocenters. The lowest BCUT2D eigenvalue weighted by Gasteiger charge is -2.63. The number of fused-ring (bicyclic) bond motifs is 5. The number of aliphatic hydroxyl groups is 1. The Balaban J connectivity index is 1.69. The largest absolute Gasteiger partial charge is 0.389 e. The van der Waals surface area contributed by atoms with Gasteiger partial charge in [-0.05, 0) is 85.9 Å². The molecule has 0 aromatic rings. The zero-order chi connectivity index (χ0) is 15.6. The maximum absolute atomic E-state index is 11.9. The minimum absolute atomic E-state index is 0.209. The topological polar surface area (TPSA) is 20.2 Å². The van der Waals surface area contributed by atoms with Gasteiger partial charge in [0.15, 0.2) is 0 Å². The van der Waals surface area contributed by atoms with Crippen molar-refractivity contribution in [3.8, 4) is 0 Å². The quantitative estimate of drug-likeness (QED) is 0.672. The summed E-state index contributed by atoms with van der Waals surface area (Å²) >= 11 is 0. The lowest BCUT2D eigenvalue weighted by molar-refractivity contribution is -0.206. The van der Waals surface area contributed by atoms with Crippen molar-refractivity contribution in [3.05, 3.63) is 0 Å². The molecule has 1 heteroatoms. The van der Waals surface area contributed by atoms with Crippen LogP contribution in [0.3, 0.4) is 0 Å². The van der Waals surface area contributed by atoms with Crippen LogP contribution in [-0.4, -0.2) is 10.7 Å². The van der Waals surface area contributed by atoms with E-state index in [0.29, 0.717) is 11.3 Å². The van der Waals surface area contributed by atoms with Gasteiger partial charge in [-0.3, -0.25) is 0 Å². The van der Waals surface area contributed by atoms with Crippen LogP contribution in [0.1, 0.15) is 91.4 Å². The molecule has 4 aliphatic rings. The standard InChI is InChI=1S/C21H36O/c1-4-15-10-14-21(22)18-9-8-16-7-5-6-12-19(16,2)17(18)11-13-20(15,21)3/h15-18,22H,4-14H2,1-3H3/t15-,16?,17-,18+,19-,20+,21+/m0/s1. The Morgan fingerprint density at radius 1 is 0.864 bits per heavy atom.